The molecule has 0 bridgehead atoms. The van der Waals surface area contributed by atoms with Crippen LogP contribution in [0.4, 0.5) is 0 Å². The summed E-state index contributed by atoms with van der Waals surface area (Å²) < 4.78 is 17.1. The average Bonchev–Trinajstić information content (AvgIpc) is 2.89. The molecule has 1 heterocycles. The molecule has 3 rings (SSSR count). The van der Waals surface area contributed by atoms with Crippen LogP contribution in [0.1, 0.15) is 47.0 Å². The van der Waals surface area contributed by atoms with Crippen LogP contribution in [-0.4, -0.2) is 36.2 Å². The Morgan fingerprint density at radius 2 is 1.93 bits per heavy atom. The van der Waals surface area contributed by atoms with Gasteiger partial charge in [-0.25, -0.2) is 9.59 Å². The van der Waals surface area contributed by atoms with Crippen LogP contribution in [0.3, 0.4) is 0 Å². The molecule has 0 aromatic carbocycles. The molecule has 0 N–H and O–H groups in total. The van der Waals surface area contributed by atoms with Crippen LogP contribution < -0.4 is 0 Å². The zero-order valence-corrected chi connectivity index (χ0v) is 16.9. The van der Waals surface area contributed by atoms with Gasteiger partial charge in [0.2, 0.25) is 0 Å². The number of rotatable bonds is 3. The summed E-state index contributed by atoms with van der Waals surface area (Å²) in [6.45, 7) is 15.0. The second-order valence-corrected chi connectivity index (χ2v) is 8.32. The van der Waals surface area contributed by atoms with Crippen molar-refractivity contribution in [2.45, 2.75) is 65.3 Å². The zero-order chi connectivity index (χ0) is 20.8. The number of hydrogen-bond donors (Lipinski definition) is 0. The van der Waals surface area contributed by atoms with E-state index in [2.05, 4.69) is 13.2 Å². The molecular weight excluding hydrogens is 360 g/mol. The van der Waals surface area contributed by atoms with Crippen molar-refractivity contribution in [2.24, 2.45) is 17.3 Å². The Kier molecular flexibility index (Phi) is 5.26. The highest BCUT2D eigenvalue weighted by molar-refractivity contribution is 5.92. The molecule has 0 aromatic rings. The Bertz CT molecular complexity index is 778. The quantitative estimate of drug-likeness (QED) is 0.320. The van der Waals surface area contributed by atoms with Gasteiger partial charge in [0.1, 0.15) is 18.3 Å². The van der Waals surface area contributed by atoms with Crippen LogP contribution in [0, 0.1) is 17.3 Å². The second-order valence-electron chi connectivity index (χ2n) is 8.32. The normalized spacial score (nSPS) is 37.6. The van der Waals surface area contributed by atoms with Gasteiger partial charge in [0.05, 0.1) is 5.92 Å². The lowest BCUT2D eigenvalue weighted by atomic mass is 9.53. The van der Waals surface area contributed by atoms with Gasteiger partial charge < -0.3 is 14.2 Å². The molecule has 2 saturated carbocycles. The number of hydrogen-bond acceptors (Lipinski definition) is 6. The number of carbonyl (C=O) groups is 3. The first kappa shape index (κ1) is 20.4. The lowest BCUT2D eigenvalue weighted by Crippen LogP contribution is -2.59. The summed E-state index contributed by atoms with van der Waals surface area (Å²) in [7, 11) is 0. The fraction of sp³-hybridized carbons (Fsp3) is 0.591. The SMILES string of the molecule is C=C1C(=O)O[C@@H]2C[C@]3(C)[C@H](C(=C)CC[C@H]3OC(C)=O)[C@@H](OC(=O)/C(C)=C\C)[C@H]12. The van der Waals surface area contributed by atoms with Crippen LogP contribution in [0.2, 0.25) is 0 Å². The molecule has 6 nitrogen and oxygen atoms in total. The van der Waals surface area contributed by atoms with Crippen molar-refractivity contribution in [1.29, 1.82) is 0 Å². The van der Waals surface area contributed by atoms with Gasteiger partial charge in [0.25, 0.3) is 0 Å². The summed E-state index contributed by atoms with van der Waals surface area (Å²) in [5.41, 5.74) is 1.19. The van der Waals surface area contributed by atoms with Crippen LogP contribution >= 0.6 is 0 Å². The van der Waals surface area contributed by atoms with E-state index in [1.165, 1.54) is 6.92 Å². The highest BCUT2D eigenvalue weighted by atomic mass is 16.6. The van der Waals surface area contributed by atoms with Crippen LogP contribution in [0.5, 0.6) is 0 Å². The third-order valence-corrected chi connectivity index (χ3v) is 6.57. The smallest absolute Gasteiger partial charge is 0.334 e. The summed E-state index contributed by atoms with van der Waals surface area (Å²) in [6, 6.07) is 0. The van der Waals surface area contributed by atoms with E-state index in [0.29, 0.717) is 30.4 Å². The zero-order valence-electron chi connectivity index (χ0n) is 16.9. The van der Waals surface area contributed by atoms with Crippen LogP contribution in [0.15, 0.2) is 36.0 Å². The van der Waals surface area contributed by atoms with Gasteiger partial charge in [0.15, 0.2) is 0 Å². The Morgan fingerprint density at radius 3 is 2.54 bits per heavy atom. The first-order valence-corrected chi connectivity index (χ1v) is 9.68. The summed E-state index contributed by atoms with van der Waals surface area (Å²) in [5.74, 6) is -1.94. The maximum atomic E-state index is 12.6. The first-order chi connectivity index (χ1) is 13.1. The van der Waals surface area contributed by atoms with Crippen molar-refractivity contribution < 1.29 is 28.6 Å². The third-order valence-electron chi connectivity index (χ3n) is 6.57. The Morgan fingerprint density at radius 1 is 1.25 bits per heavy atom. The van der Waals surface area contributed by atoms with Crippen molar-refractivity contribution in [3.8, 4) is 0 Å². The molecule has 6 atom stereocenters. The summed E-state index contributed by atoms with van der Waals surface area (Å²) in [6.07, 6.45) is 2.02. The molecule has 0 spiro atoms. The summed E-state index contributed by atoms with van der Waals surface area (Å²) in [5, 5.41) is 0. The van der Waals surface area contributed by atoms with Crippen molar-refractivity contribution in [3.63, 3.8) is 0 Å². The molecule has 28 heavy (non-hydrogen) atoms. The molecule has 2 aliphatic carbocycles. The third kappa shape index (κ3) is 3.19. The van der Waals surface area contributed by atoms with E-state index < -0.39 is 35.5 Å². The van der Waals surface area contributed by atoms with Gasteiger partial charge >= 0.3 is 17.9 Å². The minimum atomic E-state index is -0.643. The summed E-state index contributed by atoms with van der Waals surface area (Å²) >= 11 is 0. The number of allylic oxidation sites excluding steroid dienone is 1. The van der Waals surface area contributed by atoms with E-state index in [4.69, 9.17) is 14.2 Å². The van der Waals surface area contributed by atoms with Gasteiger partial charge in [-0.3, -0.25) is 4.79 Å². The number of fused-ring (bicyclic) bond motifs is 2. The van der Waals surface area contributed by atoms with E-state index in [-0.39, 0.29) is 18.0 Å². The lowest BCUT2D eigenvalue weighted by molar-refractivity contribution is -0.189. The fourth-order valence-corrected chi connectivity index (χ4v) is 5.07. The van der Waals surface area contributed by atoms with E-state index in [9.17, 15) is 14.4 Å². The number of carbonyl (C=O) groups excluding carboxylic acids is 3. The molecule has 1 aliphatic heterocycles. The minimum absolute atomic E-state index is 0.258. The maximum absolute atomic E-state index is 12.6. The number of ether oxygens (including phenoxy) is 3. The van der Waals surface area contributed by atoms with E-state index in [1.807, 2.05) is 6.92 Å². The fourth-order valence-electron chi connectivity index (χ4n) is 5.07. The molecule has 0 amide bonds. The van der Waals surface area contributed by atoms with Crippen molar-refractivity contribution in [2.75, 3.05) is 0 Å². The minimum Gasteiger partial charge on any atom is -0.462 e. The molecular formula is C22H28O6. The monoisotopic (exact) mass is 388 g/mol. The number of esters is 3. The van der Waals surface area contributed by atoms with Gasteiger partial charge in [-0.2, -0.15) is 0 Å². The lowest BCUT2D eigenvalue weighted by Gasteiger charge is -2.55. The average molecular weight is 388 g/mol. The molecule has 3 fully saturated rings. The molecule has 6 heteroatoms. The second kappa shape index (κ2) is 7.22. The van der Waals surface area contributed by atoms with Gasteiger partial charge in [0, 0.05) is 29.4 Å². The van der Waals surface area contributed by atoms with E-state index in [0.717, 1.165) is 5.57 Å². The molecule has 0 unspecified atom stereocenters. The van der Waals surface area contributed by atoms with Crippen LogP contribution in [0.25, 0.3) is 0 Å². The van der Waals surface area contributed by atoms with Gasteiger partial charge in [-0.1, -0.05) is 31.7 Å². The van der Waals surface area contributed by atoms with Crippen molar-refractivity contribution in [1.82, 2.24) is 0 Å². The topological polar surface area (TPSA) is 78.9 Å². The molecule has 0 radical (unpaired) electrons. The maximum Gasteiger partial charge on any atom is 0.334 e. The predicted octanol–water partition coefficient (Wildman–Crippen LogP) is 3.27. The molecule has 152 valence electrons. The van der Waals surface area contributed by atoms with E-state index >= 15 is 0 Å². The highest BCUT2D eigenvalue weighted by Crippen LogP contribution is 2.58. The van der Waals surface area contributed by atoms with E-state index in [1.54, 1.807) is 19.9 Å². The van der Waals surface area contributed by atoms with Gasteiger partial charge in [-0.15, -0.1) is 0 Å². The predicted molar refractivity (Wildman–Crippen MR) is 102 cm³/mol. The highest BCUT2D eigenvalue weighted by Gasteiger charge is 2.63. The summed E-state index contributed by atoms with van der Waals surface area (Å²) in [4.78, 5) is 36.5. The Labute approximate surface area is 165 Å². The van der Waals surface area contributed by atoms with Crippen molar-refractivity contribution in [3.05, 3.63) is 36.0 Å². The molecule has 1 saturated heterocycles. The van der Waals surface area contributed by atoms with Gasteiger partial charge in [-0.05, 0) is 33.1 Å². The Hall–Kier alpha value is -2.37. The standard InChI is InChI=1S/C22H28O6/c1-7-11(2)20(24)28-19-17-13(4)21(25)27-15(17)10-22(6)16(26-14(5)23)9-8-12(3)18(19)22/h7,15-19H,3-4,8-10H2,1-2,5-6H3/b11-7-/t15-,16-,17-,18-,19+,22+/m1/s1. The van der Waals surface area contributed by atoms with Crippen molar-refractivity contribution >= 4 is 17.9 Å². The molecule has 3 aliphatic rings. The largest absolute Gasteiger partial charge is 0.462 e. The Balaban J connectivity index is 2.05. The first-order valence-electron chi connectivity index (χ1n) is 9.68. The van der Waals surface area contributed by atoms with Crippen LogP contribution in [-0.2, 0) is 28.6 Å². The molecule has 0 aromatic heterocycles.